The number of hydrogen-bond acceptors (Lipinski definition) is 4. The van der Waals surface area contributed by atoms with E-state index >= 15 is 0 Å². The normalized spacial score (nSPS) is 21.1. The Balaban J connectivity index is 1.40. The number of unbranched alkanes of at least 4 members (excludes halogenated alkanes) is 7. The van der Waals surface area contributed by atoms with E-state index < -0.39 is 0 Å². The van der Waals surface area contributed by atoms with Crippen LogP contribution in [-0.2, 0) is 12.8 Å². The van der Waals surface area contributed by atoms with Crippen molar-refractivity contribution in [2.75, 3.05) is 0 Å². The molecule has 0 spiro atoms. The summed E-state index contributed by atoms with van der Waals surface area (Å²) in [4.78, 5) is 0. The Morgan fingerprint density at radius 1 is 0.625 bits per heavy atom. The Morgan fingerprint density at radius 2 is 1.08 bits per heavy atom. The van der Waals surface area contributed by atoms with E-state index in [4.69, 9.17) is 0 Å². The van der Waals surface area contributed by atoms with E-state index in [1.807, 2.05) is 12.1 Å². The van der Waals surface area contributed by atoms with Gasteiger partial charge in [0.1, 0.15) is 23.0 Å². The highest BCUT2D eigenvalue weighted by Gasteiger charge is 2.31. The lowest BCUT2D eigenvalue weighted by Crippen LogP contribution is -2.19. The van der Waals surface area contributed by atoms with Gasteiger partial charge in [-0.2, -0.15) is 0 Å². The largest absolute Gasteiger partial charge is 0.508 e. The zero-order valence-corrected chi connectivity index (χ0v) is 30.3. The third-order valence-electron chi connectivity index (χ3n) is 11.0. The van der Waals surface area contributed by atoms with Crippen LogP contribution in [0.4, 0.5) is 0 Å². The molecule has 0 saturated heterocycles. The molecule has 4 rings (SSSR count). The van der Waals surface area contributed by atoms with E-state index in [2.05, 4.69) is 53.0 Å². The number of phenols is 4. The summed E-state index contributed by atoms with van der Waals surface area (Å²) in [5.74, 6) is 1.41. The van der Waals surface area contributed by atoms with Gasteiger partial charge in [-0.3, -0.25) is 0 Å². The highest BCUT2D eigenvalue weighted by Crippen LogP contribution is 2.47. The molecule has 262 valence electrons. The quantitative estimate of drug-likeness (QED) is 0.101. The van der Waals surface area contributed by atoms with Gasteiger partial charge in [-0.25, -0.2) is 0 Å². The lowest BCUT2D eigenvalue weighted by atomic mass is 9.71. The number of allylic oxidation sites excluding steroid dienone is 6. The number of aromatic hydroxyl groups is 4. The molecule has 48 heavy (non-hydrogen) atoms. The summed E-state index contributed by atoms with van der Waals surface area (Å²) in [5, 5.41) is 42.9. The number of benzene rings is 2. The maximum absolute atomic E-state index is 11.2. The van der Waals surface area contributed by atoms with Crippen LogP contribution in [0.3, 0.4) is 0 Å². The first kappa shape index (κ1) is 37.4. The highest BCUT2D eigenvalue weighted by molar-refractivity contribution is 5.52. The minimum Gasteiger partial charge on any atom is -0.508 e. The smallest absolute Gasteiger partial charge is 0.123 e. The molecule has 0 fully saturated rings. The second kappa shape index (κ2) is 17.8. The molecular weight excluding hydrogens is 592 g/mol. The minimum atomic E-state index is 0.0786. The van der Waals surface area contributed by atoms with Crippen molar-refractivity contribution in [2.45, 2.75) is 142 Å². The van der Waals surface area contributed by atoms with E-state index in [1.54, 1.807) is 0 Å². The van der Waals surface area contributed by atoms with Gasteiger partial charge >= 0.3 is 0 Å². The molecule has 0 bridgehead atoms. The van der Waals surface area contributed by atoms with E-state index in [9.17, 15) is 20.4 Å². The predicted octanol–water partition coefficient (Wildman–Crippen LogP) is 12.2. The standard InChI is InChI=1S/C44H62O4/c1-7-8-9-10-14-17-34-26-36(46)28-42(48)44(34)40-24-32(20-22-38(40)30(4)5)16-13-11-12-15-18-33-25-35(45)27-41(47)43(33)39-23-31(6)19-21-37(39)29(2)3/h23-28,37-40,45-48H,2,4,7-22H2,1,3,5-6H3. The van der Waals surface area contributed by atoms with E-state index in [1.165, 1.54) is 49.0 Å². The van der Waals surface area contributed by atoms with Crippen molar-refractivity contribution >= 4 is 0 Å². The van der Waals surface area contributed by atoms with Crippen molar-refractivity contribution in [2.24, 2.45) is 11.8 Å². The molecule has 0 amide bonds. The van der Waals surface area contributed by atoms with Gasteiger partial charge < -0.3 is 20.4 Å². The number of phenolic OH excluding ortho intramolecular Hbond substituents is 4. The van der Waals surface area contributed by atoms with Gasteiger partial charge in [0.2, 0.25) is 0 Å². The molecule has 4 unspecified atom stereocenters. The third kappa shape index (κ3) is 9.83. The molecule has 2 aromatic carbocycles. The van der Waals surface area contributed by atoms with Crippen molar-refractivity contribution in [3.63, 3.8) is 0 Å². The lowest BCUT2D eigenvalue weighted by molar-refractivity contribution is 0.420. The molecule has 2 aromatic rings. The topological polar surface area (TPSA) is 80.9 Å². The van der Waals surface area contributed by atoms with Crippen LogP contribution in [0, 0.1) is 11.8 Å². The maximum Gasteiger partial charge on any atom is 0.123 e. The fourth-order valence-electron chi connectivity index (χ4n) is 8.41. The van der Waals surface area contributed by atoms with Crippen LogP contribution in [-0.4, -0.2) is 20.4 Å². The summed E-state index contributed by atoms with van der Waals surface area (Å²) in [5.41, 5.74) is 9.18. The molecule has 2 aliphatic rings. The van der Waals surface area contributed by atoms with Crippen molar-refractivity contribution in [1.82, 2.24) is 0 Å². The zero-order chi connectivity index (χ0) is 34.8. The average Bonchev–Trinajstić information content (AvgIpc) is 3.01. The predicted molar refractivity (Wildman–Crippen MR) is 201 cm³/mol. The first-order valence-corrected chi connectivity index (χ1v) is 18.8. The summed E-state index contributed by atoms with van der Waals surface area (Å²) in [7, 11) is 0. The summed E-state index contributed by atoms with van der Waals surface area (Å²) < 4.78 is 0. The minimum absolute atomic E-state index is 0.0786. The Labute approximate surface area is 291 Å². The monoisotopic (exact) mass is 654 g/mol. The first-order chi connectivity index (χ1) is 23.0. The zero-order valence-electron chi connectivity index (χ0n) is 30.3. The fraction of sp³-hybridized carbons (Fsp3) is 0.545. The Hall–Kier alpha value is -3.40. The SMILES string of the molecule is C=C(C)C1CCC(C)=CC1c1c(O)cc(O)cc1CCCCCCC1=CC(c2c(O)cc(O)cc2CCCCCCC)C(C(=C)C)CC1. The number of aryl methyl sites for hydroxylation is 2. The van der Waals surface area contributed by atoms with Crippen LogP contribution < -0.4 is 0 Å². The second-order valence-corrected chi connectivity index (χ2v) is 15.0. The van der Waals surface area contributed by atoms with E-state index in [0.29, 0.717) is 5.92 Å². The molecule has 2 aliphatic carbocycles. The van der Waals surface area contributed by atoms with E-state index in [0.717, 1.165) is 110 Å². The van der Waals surface area contributed by atoms with Crippen molar-refractivity contribution in [3.8, 4) is 23.0 Å². The van der Waals surface area contributed by atoms with Crippen molar-refractivity contribution in [1.29, 1.82) is 0 Å². The molecule has 0 heterocycles. The first-order valence-electron chi connectivity index (χ1n) is 18.8. The Bertz CT molecular complexity index is 1480. The van der Waals surface area contributed by atoms with Crippen LogP contribution in [0.5, 0.6) is 23.0 Å². The van der Waals surface area contributed by atoms with Gasteiger partial charge in [-0.15, -0.1) is 0 Å². The molecule has 4 atom stereocenters. The van der Waals surface area contributed by atoms with Crippen LogP contribution in [0.15, 0.2) is 71.9 Å². The lowest BCUT2D eigenvalue weighted by Gasteiger charge is -2.33. The van der Waals surface area contributed by atoms with Crippen LogP contribution in [0.1, 0.15) is 152 Å². The van der Waals surface area contributed by atoms with Crippen LogP contribution >= 0.6 is 0 Å². The van der Waals surface area contributed by atoms with Gasteiger partial charge in [0.25, 0.3) is 0 Å². The Kier molecular flexibility index (Phi) is 13.9. The molecular formula is C44H62O4. The van der Waals surface area contributed by atoms with Gasteiger partial charge in [0, 0.05) is 35.1 Å². The number of hydrogen-bond donors (Lipinski definition) is 4. The van der Waals surface area contributed by atoms with Gasteiger partial charge in [0.05, 0.1) is 0 Å². The molecule has 4 nitrogen and oxygen atoms in total. The second-order valence-electron chi connectivity index (χ2n) is 15.0. The summed E-state index contributed by atoms with van der Waals surface area (Å²) >= 11 is 0. The molecule has 4 heteroatoms. The summed E-state index contributed by atoms with van der Waals surface area (Å²) in [6, 6.07) is 6.72. The molecule has 4 N–H and O–H groups in total. The van der Waals surface area contributed by atoms with Crippen LogP contribution in [0.2, 0.25) is 0 Å². The van der Waals surface area contributed by atoms with Crippen LogP contribution in [0.25, 0.3) is 0 Å². The van der Waals surface area contributed by atoms with Gasteiger partial charge in [0.15, 0.2) is 0 Å². The fourth-order valence-corrected chi connectivity index (χ4v) is 8.41. The van der Waals surface area contributed by atoms with Crippen molar-refractivity contribution < 1.29 is 20.4 Å². The van der Waals surface area contributed by atoms with Crippen molar-refractivity contribution in [3.05, 3.63) is 94.1 Å². The van der Waals surface area contributed by atoms with Gasteiger partial charge in [-0.1, -0.05) is 93.1 Å². The summed E-state index contributed by atoms with van der Waals surface area (Å²) in [6.45, 7) is 17.2. The third-order valence-corrected chi connectivity index (χ3v) is 11.0. The maximum atomic E-state index is 11.2. The highest BCUT2D eigenvalue weighted by atomic mass is 16.3. The molecule has 0 aliphatic heterocycles. The molecule has 0 radical (unpaired) electrons. The average molecular weight is 655 g/mol. The summed E-state index contributed by atoms with van der Waals surface area (Å²) in [6.07, 6.45) is 21.9. The van der Waals surface area contributed by atoms with E-state index in [-0.39, 0.29) is 40.8 Å². The Morgan fingerprint density at radius 3 is 1.58 bits per heavy atom. The van der Waals surface area contributed by atoms with Gasteiger partial charge in [-0.05, 0) is 120 Å². The molecule has 0 saturated carbocycles. The number of rotatable bonds is 17. The molecule has 0 aromatic heterocycles.